The number of amides is 1. The van der Waals surface area contributed by atoms with E-state index >= 15 is 0 Å². The van der Waals surface area contributed by atoms with Gasteiger partial charge < -0.3 is 5.32 Å². The smallest absolute Gasteiger partial charge is 0.270 e. The van der Waals surface area contributed by atoms with Crippen molar-refractivity contribution in [2.24, 2.45) is 0 Å². The van der Waals surface area contributed by atoms with Crippen molar-refractivity contribution in [1.82, 2.24) is 10.3 Å². The normalized spacial score (nSPS) is 12.9. The second-order valence-corrected chi connectivity index (χ2v) is 6.20. The quantitative estimate of drug-likeness (QED) is 0.912. The molecule has 1 heterocycles. The van der Waals surface area contributed by atoms with E-state index in [0.29, 0.717) is 11.3 Å². The summed E-state index contributed by atoms with van der Waals surface area (Å²) in [6, 6.07) is 14.0. The van der Waals surface area contributed by atoms with Gasteiger partial charge in [-0.3, -0.25) is 9.00 Å². The van der Waals surface area contributed by atoms with Crippen molar-refractivity contribution in [3.8, 4) is 6.07 Å². The minimum atomic E-state index is -1.05. The average molecular weight is 313 g/mol. The van der Waals surface area contributed by atoms with E-state index in [2.05, 4.69) is 10.3 Å². The standard InChI is InChI=1S/C16H15N3O2S/c1-22(21)11-15(13-5-3-2-4-6-13)19-16(20)14-8-7-12(9-17)10-18-14/h2-8,10,15H,11H2,1H3,(H,19,20)/t15-,22+/m0/s1. The second-order valence-electron chi connectivity index (χ2n) is 4.72. The molecule has 2 aromatic rings. The highest BCUT2D eigenvalue weighted by Crippen LogP contribution is 2.14. The minimum absolute atomic E-state index is 0.224. The molecule has 0 fully saturated rings. The van der Waals surface area contributed by atoms with Gasteiger partial charge in [-0.2, -0.15) is 5.26 Å². The Kier molecular flexibility index (Phi) is 5.39. The van der Waals surface area contributed by atoms with Crippen LogP contribution in [0.15, 0.2) is 48.7 Å². The molecule has 0 unspecified atom stereocenters. The van der Waals surface area contributed by atoms with E-state index < -0.39 is 10.8 Å². The van der Waals surface area contributed by atoms with Gasteiger partial charge in [0, 0.05) is 29.0 Å². The molecule has 0 spiro atoms. The lowest BCUT2D eigenvalue weighted by molar-refractivity contribution is 0.0935. The Bertz CT molecular complexity index is 708. The van der Waals surface area contributed by atoms with Gasteiger partial charge in [0.2, 0.25) is 0 Å². The molecule has 0 saturated heterocycles. The number of carbonyl (C=O) groups excluding carboxylic acids is 1. The SMILES string of the molecule is C[S@@](=O)C[C@H](NC(=O)c1ccc(C#N)cn1)c1ccccc1. The van der Waals surface area contributed by atoms with Crippen LogP contribution in [0.25, 0.3) is 0 Å². The molecule has 1 amide bonds. The first-order valence-corrected chi connectivity index (χ1v) is 8.35. The zero-order chi connectivity index (χ0) is 15.9. The number of benzene rings is 1. The Balaban J connectivity index is 2.17. The van der Waals surface area contributed by atoms with Crippen LogP contribution in [-0.2, 0) is 10.8 Å². The van der Waals surface area contributed by atoms with Gasteiger partial charge in [0.15, 0.2) is 0 Å². The van der Waals surface area contributed by atoms with E-state index in [9.17, 15) is 9.00 Å². The highest BCUT2D eigenvalue weighted by Gasteiger charge is 2.17. The van der Waals surface area contributed by atoms with Crippen molar-refractivity contribution in [1.29, 1.82) is 5.26 Å². The maximum absolute atomic E-state index is 12.3. The Labute approximate surface area is 131 Å². The largest absolute Gasteiger partial charge is 0.343 e. The fraction of sp³-hybridized carbons (Fsp3) is 0.188. The first-order chi connectivity index (χ1) is 10.6. The van der Waals surface area contributed by atoms with Gasteiger partial charge in [-0.15, -0.1) is 0 Å². The summed E-state index contributed by atoms with van der Waals surface area (Å²) < 4.78 is 11.5. The Hall–Kier alpha value is -2.52. The maximum Gasteiger partial charge on any atom is 0.270 e. The van der Waals surface area contributed by atoms with Crippen molar-refractivity contribution in [2.75, 3.05) is 12.0 Å². The van der Waals surface area contributed by atoms with Gasteiger partial charge >= 0.3 is 0 Å². The van der Waals surface area contributed by atoms with Crippen LogP contribution in [0.1, 0.15) is 27.7 Å². The predicted molar refractivity (Wildman–Crippen MR) is 84.5 cm³/mol. The molecule has 0 aliphatic carbocycles. The van der Waals surface area contributed by atoms with E-state index in [1.807, 2.05) is 36.4 Å². The summed E-state index contributed by atoms with van der Waals surface area (Å²) in [5.74, 6) is -0.0322. The minimum Gasteiger partial charge on any atom is -0.343 e. The summed E-state index contributed by atoms with van der Waals surface area (Å²) >= 11 is 0. The molecule has 0 aliphatic heterocycles. The van der Waals surface area contributed by atoms with Crippen LogP contribution in [0.2, 0.25) is 0 Å². The molecule has 1 N–H and O–H groups in total. The molecular formula is C16H15N3O2S. The van der Waals surface area contributed by atoms with Crippen LogP contribution in [-0.4, -0.2) is 27.1 Å². The van der Waals surface area contributed by atoms with Crippen LogP contribution in [0.3, 0.4) is 0 Å². The van der Waals surface area contributed by atoms with Crippen molar-refractivity contribution >= 4 is 16.7 Å². The van der Waals surface area contributed by atoms with E-state index in [1.165, 1.54) is 18.3 Å². The number of pyridine rings is 1. The number of hydrogen-bond acceptors (Lipinski definition) is 4. The molecule has 1 aromatic heterocycles. The molecule has 5 nitrogen and oxygen atoms in total. The molecular weight excluding hydrogens is 298 g/mol. The van der Waals surface area contributed by atoms with Crippen molar-refractivity contribution < 1.29 is 9.00 Å². The van der Waals surface area contributed by atoms with Crippen LogP contribution < -0.4 is 5.32 Å². The molecule has 2 atom stereocenters. The highest BCUT2D eigenvalue weighted by molar-refractivity contribution is 7.84. The van der Waals surface area contributed by atoms with Crippen molar-refractivity contribution in [2.45, 2.75) is 6.04 Å². The van der Waals surface area contributed by atoms with Crippen molar-refractivity contribution in [3.63, 3.8) is 0 Å². The third kappa shape index (κ3) is 4.24. The zero-order valence-corrected chi connectivity index (χ0v) is 12.8. The van der Waals surface area contributed by atoms with Crippen LogP contribution in [0.4, 0.5) is 0 Å². The number of hydrogen-bond donors (Lipinski definition) is 1. The summed E-state index contributed by atoms with van der Waals surface area (Å²) in [5.41, 5.74) is 1.51. The monoisotopic (exact) mass is 313 g/mol. The Morgan fingerprint density at radius 3 is 2.59 bits per heavy atom. The number of rotatable bonds is 5. The molecule has 0 bridgehead atoms. The molecule has 112 valence electrons. The third-order valence-electron chi connectivity index (χ3n) is 3.03. The molecule has 1 aromatic carbocycles. The lowest BCUT2D eigenvalue weighted by Gasteiger charge is -2.18. The maximum atomic E-state index is 12.3. The summed E-state index contributed by atoms with van der Waals surface area (Å²) in [5, 5.41) is 11.6. The topological polar surface area (TPSA) is 82.9 Å². The number of nitrogens with one attached hydrogen (secondary N) is 1. The number of carbonyl (C=O) groups is 1. The molecule has 0 aliphatic rings. The van der Waals surface area contributed by atoms with Crippen molar-refractivity contribution in [3.05, 3.63) is 65.5 Å². The van der Waals surface area contributed by atoms with E-state index in [0.717, 1.165) is 5.56 Å². The summed E-state index contributed by atoms with van der Waals surface area (Å²) in [6.45, 7) is 0. The molecule has 6 heteroatoms. The van der Waals surface area contributed by atoms with Gasteiger partial charge in [-0.1, -0.05) is 30.3 Å². The lowest BCUT2D eigenvalue weighted by atomic mass is 10.1. The summed E-state index contributed by atoms with van der Waals surface area (Å²) in [4.78, 5) is 16.2. The first-order valence-electron chi connectivity index (χ1n) is 6.62. The summed E-state index contributed by atoms with van der Waals surface area (Å²) in [6.07, 6.45) is 2.95. The van der Waals surface area contributed by atoms with Gasteiger partial charge in [-0.25, -0.2) is 4.98 Å². The third-order valence-corrected chi connectivity index (χ3v) is 3.84. The molecule has 22 heavy (non-hydrogen) atoms. The average Bonchev–Trinajstić information content (AvgIpc) is 2.54. The number of nitrogens with zero attached hydrogens (tertiary/aromatic N) is 2. The van der Waals surface area contributed by atoms with E-state index in [1.54, 1.807) is 6.26 Å². The predicted octanol–water partition coefficient (Wildman–Crippen LogP) is 1.80. The highest BCUT2D eigenvalue weighted by atomic mass is 32.2. The molecule has 0 radical (unpaired) electrons. The summed E-state index contributed by atoms with van der Waals surface area (Å²) in [7, 11) is -1.05. The first kappa shape index (κ1) is 15.9. The fourth-order valence-electron chi connectivity index (χ4n) is 1.97. The van der Waals surface area contributed by atoms with Gasteiger partial charge in [0.05, 0.1) is 11.6 Å². The fourth-order valence-corrected chi connectivity index (χ4v) is 2.71. The van der Waals surface area contributed by atoms with Crippen LogP contribution >= 0.6 is 0 Å². The Morgan fingerprint density at radius 1 is 1.32 bits per heavy atom. The van der Waals surface area contributed by atoms with Crippen LogP contribution in [0, 0.1) is 11.3 Å². The van der Waals surface area contributed by atoms with Crippen LogP contribution in [0.5, 0.6) is 0 Å². The van der Waals surface area contributed by atoms with E-state index in [4.69, 9.17) is 5.26 Å². The van der Waals surface area contributed by atoms with Gasteiger partial charge in [0.1, 0.15) is 11.8 Å². The number of aromatic nitrogens is 1. The van der Waals surface area contributed by atoms with Gasteiger partial charge in [0.25, 0.3) is 5.91 Å². The molecule has 2 rings (SSSR count). The second kappa shape index (κ2) is 7.48. The van der Waals surface area contributed by atoms with Gasteiger partial charge in [-0.05, 0) is 17.7 Å². The number of nitriles is 1. The zero-order valence-electron chi connectivity index (χ0n) is 12.0. The lowest BCUT2D eigenvalue weighted by Crippen LogP contribution is -2.32. The Morgan fingerprint density at radius 2 is 2.05 bits per heavy atom. The molecule has 0 saturated carbocycles. The van der Waals surface area contributed by atoms with E-state index in [-0.39, 0.29) is 17.6 Å².